The fourth-order valence-corrected chi connectivity index (χ4v) is 3.53. The van der Waals surface area contributed by atoms with Crippen LogP contribution >= 0.6 is 11.8 Å². The maximum Gasteiger partial charge on any atom is 0.236 e. The molecule has 104 valence electrons. The van der Waals surface area contributed by atoms with Crippen LogP contribution in [0.2, 0.25) is 0 Å². The van der Waals surface area contributed by atoms with Crippen LogP contribution in [0, 0.1) is 0 Å². The normalized spacial score (nSPS) is 23.8. The molecule has 18 heavy (non-hydrogen) atoms. The average Bonchev–Trinajstić information content (AvgIpc) is 2.33. The Bertz CT molecular complexity index is 280. The lowest BCUT2D eigenvalue weighted by Gasteiger charge is -2.40. The van der Waals surface area contributed by atoms with Crippen molar-refractivity contribution in [1.29, 1.82) is 0 Å². The predicted molar refractivity (Wildman–Crippen MR) is 77.0 cm³/mol. The summed E-state index contributed by atoms with van der Waals surface area (Å²) in [6, 6.07) is 0. The highest BCUT2D eigenvalue weighted by Crippen LogP contribution is 2.42. The summed E-state index contributed by atoms with van der Waals surface area (Å²) >= 11 is 1.95. The van der Waals surface area contributed by atoms with E-state index in [1.165, 1.54) is 19.3 Å². The van der Waals surface area contributed by atoms with E-state index in [2.05, 4.69) is 23.5 Å². The van der Waals surface area contributed by atoms with E-state index in [9.17, 15) is 4.79 Å². The van der Waals surface area contributed by atoms with Crippen LogP contribution < -0.4 is 5.32 Å². The van der Waals surface area contributed by atoms with E-state index < -0.39 is 0 Å². The Balaban J connectivity index is 1.65. The first-order valence-electron chi connectivity index (χ1n) is 6.87. The number of hydrogen-bond acceptors (Lipinski definition) is 4. The fourth-order valence-electron chi connectivity index (χ4n) is 2.59. The highest BCUT2D eigenvalue weighted by atomic mass is 32.2. The monoisotopic (exact) mass is 271 g/mol. The number of amides is 1. The van der Waals surface area contributed by atoms with Crippen LogP contribution in [0.4, 0.5) is 0 Å². The Morgan fingerprint density at radius 3 is 2.44 bits per heavy atom. The van der Waals surface area contributed by atoms with Crippen LogP contribution in [0.3, 0.4) is 0 Å². The van der Waals surface area contributed by atoms with Crippen LogP contribution in [-0.2, 0) is 4.79 Å². The van der Waals surface area contributed by atoms with Crippen molar-refractivity contribution in [2.75, 3.05) is 52.6 Å². The maximum atomic E-state index is 12.0. The van der Waals surface area contributed by atoms with E-state index >= 15 is 0 Å². The topological polar surface area (TPSA) is 35.6 Å². The average molecular weight is 271 g/mol. The van der Waals surface area contributed by atoms with Gasteiger partial charge in [0, 0.05) is 37.5 Å². The van der Waals surface area contributed by atoms with Crippen LogP contribution in [0.1, 0.15) is 19.3 Å². The number of piperazine rings is 1. The highest BCUT2D eigenvalue weighted by Gasteiger charge is 2.35. The number of hydrogen-bond donors (Lipinski definition) is 1. The molecule has 0 aromatic rings. The van der Waals surface area contributed by atoms with Gasteiger partial charge in [0.1, 0.15) is 0 Å². The molecule has 0 unspecified atom stereocenters. The smallest absolute Gasteiger partial charge is 0.236 e. The summed E-state index contributed by atoms with van der Waals surface area (Å²) in [6.07, 6.45) is 6.12. The molecule has 4 nitrogen and oxygen atoms in total. The minimum atomic E-state index is 0.263. The molecule has 2 rings (SSSR count). The molecule has 2 fully saturated rings. The zero-order chi connectivity index (χ0) is 13.0. The summed E-state index contributed by atoms with van der Waals surface area (Å²) < 4.78 is 0.419. The lowest BCUT2D eigenvalue weighted by molar-refractivity contribution is -0.131. The van der Waals surface area contributed by atoms with E-state index in [-0.39, 0.29) is 5.91 Å². The van der Waals surface area contributed by atoms with Gasteiger partial charge in [-0.25, -0.2) is 0 Å². The fraction of sp³-hybridized carbons (Fsp3) is 0.923. The summed E-state index contributed by atoms with van der Waals surface area (Å²) in [7, 11) is 2.11. The van der Waals surface area contributed by atoms with Gasteiger partial charge in [0.2, 0.25) is 5.91 Å². The third kappa shape index (κ3) is 3.39. The summed E-state index contributed by atoms with van der Waals surface area (Å²) in [5, 5.41) is 3.36. The molecule has 2 aliphatic rings. The molecule has 0 spiro atoms. The summed E-state index contributed by atoms with van der Waals surface area (Å²) in [5.41, 5.74) is 0. The van der Waals surface area contributed by atoms with Gasteiger partial charge in [-0.2, -0.15) is 11.8 Å². The standard InChI is InChI=1S/C13H25N3OS/c1-15-6-8-16(9-7-15)12(17)10-14-11-13(18-2)4-3-5-13/h14H,3-11H2,1-2H3. The number of carbonyl (C=O) groups excluding carboxylic acids is 1. The van der Waals surface area contributed by atoms with Gasteiger partial charge >= 0.3 is 0 Å². The molecule has 1 saturated heterocycles. The first kappa shape index (κ1) is 14.2. The molecule has 0 bridgehead atoms. The molecule has 1 amide bonds. The molecular weight excluding hydrogens is 246 g/mol. The van der Waals surface area contributed by atoms with Crippen molar-refractivity contribution < 1.29 is 4.79 Å². The lowest BCUT2D eigenvalue weighted by atomic mass is 9.84. The Kier molecular flexibility index (Phi) is 4.92. The molecular formula is C13H25N3OS. The lowest BCUT2D eigenvalue weighted by Crippen LogP contribution is -2.51. The second-order valence-corrected chi connectivity index (χ2v) is 6.80. The third-order valence-corrected chi connectivity index (χ3v) is 5.70. The van der Waals surface area contributed by atoms with E-state index in [4.69, 9.17) is 0 Å². The van der Waals surface area contributed by atoms with Gasteiger partial charge in [0.15, 0.2) is 0 Å². The van der Waals surface area contributed by atoms with Crippen molar-refractivity contribution in [1.82, 2.24) is 15.1 Å². The van der Waals surface area contributed by atoms with Gasteiger partial charge < -0.3 is 15.1 Å². The molecule has 5 heteroatoms. The summed E-state index contributed by atoms with van der Waals surface area (Å²) in [4.78, 5) is 16.3. The number of nitrogens with zero attached hydrogens (tertiary/aromatic N) is 2. The Labute approximate surface area is 114 Å². The number of rotatable bonds is 5. The molecule has 1 aliphatic heterocycles. The Hall–Kier alpha value is -0.260. The number of likely N-dealkylation sites (N-methyl/N-ethyl adjacent to an activating group) is 1. The predicted octanol–water partition coefficient (Wildman–Crippen LogP) is 0.636. The second-order valence-electron chi connectivity index (χ2n) is 5.53. The van der Waals surface area contributed by atoms with Gasteiger partial charge in [-0.15, -0.1) is 0 Å². The largest absolute Gasteiger partial charge is 0.339 e. The maximum absolute atomic E-state index is 12.0. The van der Waals surface area contributed by atoms with Crippen LogP contribution in [0.5, 0.6) is 0 Å². The van der Waals surface area contributed by atoms with E-state index in [0.717, 1.165) is 32.7 Å². The van der Waals surface area contributed by atoms with E-state index in [1.54, 1.807) is 0 Å². The molecule has 1 heterocycles. The highest BCUT2D eigenvalue weighted by molar-refractivity contribution is 8.00. The number of carbonyl (C=O) groups is 1. The Morgan fingerprint density at radius 2 is 1.94 bits per heavy atom. The van der Waals surface area contributed by atoms with Crippen LogP contribution in [0.15, 0.2) is 0 Å². The van der Waals surface area contributed by atoms with E-state index in [1.807, 2.05) is 16.7 Å². The molecule has 0 radical (unpaired) electrons. The van der Waals surface area contributed by atoms with Gasteiger partial charge in [-0.05, 0) is 26.1 Å². The third-order valence-electron chi connectivity index (χ3n) is 4.28. The first-order chi connectivity index (χ1) is 8.65. The van der Waals surface area contributed by atoms with E-state index in [0.29, 0.717) is 11.3 Å². The molecule has 1 aliphatic carbocycles. The summed E-state index contributed by atoms with van der Waals surface area (Å²) in [5.74, 6) is 0.263. The van der Waals surface area contributed by atoms with Crippen LogP contribution in [0.25, 0.3) is 0 Å². The van der Waals surface area contributed by atoms with Gasteiger partial charge in [0.05, 0.1) is 6.54 Å². The quantitative estimate of drug-likeness (QED) is 0.796. The van der Waals surface area contributed by atoms with Crippen molar-refractivity contribution in [2.24, 2.45) is 0 Å². The zero-order valence-corrected chi connectivity index (χ0v) is 12.4. The van der Waals surface area contributed by atoms with Crippen LogP contribution in [-0.4, -0.2) is 73.0 Å². The first-order valence-corrected chi connectivity index (χ1v) is 8.10. The van der Waals surface area contributed by atoms with Gasteiger partial charge in [-0.1, -0.05) is 6.42 Å². The molecule has 0 aromatic heterocycles. The van der Waals surface area contributed by atoms with Crippen molar-refractivity contribution in [3.63, 3.8) is 0 Å². The second kappa shape index (κ2) is 6.26. The minimum Gasteiger partial charge on any atom is -0.339 e. The molecule has 1 saturated carbocycles. The van der Waals surface area contributed by atoms with Crippen molar-refractivity contribution >= 4 is 17.7 Å². The Morgan fingerprint density at radius 1 is 1.28 bits per heavy atom. The SMILES string of the molecule is CSC1(CNCC(=O)N2CCN(C)CC2)CCC1. The van der Waals surface area contributed by atoms with Gasteiger partial charge in [0.25, 0.3) is 0 Å². The number of nitrogens with one attached hydrogen (secondary N) is 1. The van der Waals surface area contributed by atoms with Crippen molar-refractivity contribution in [3.8, 4) is 0 Å². The van der Waals surface area contributed by atoms with Gasteiger partial charge in [-0.3, -0.25) is 4.79 Å². The zero-order valence-electron chi connectivity index (χ0n) is 11.6. The molecule has 0 atom stereocenters. The van der Waals surface area contributed by atoms with Crippen molar-refractivity contribution in [2.45, 2.75) is 24.0 Å². The van der Waals surface area contributed by atoms with Crippen molar-refractivity contribution in [3.05, 3.63) is 0 Å². The number of thioether (sulfide) groups is 1. The molecule has 1 N–H and O–H groups in total. The molecule has 0 aromatic carbocycles. The minimum absolute atomic E-state index is 0.263. The summed E-state index contributed by atoms with van der Waals surface area (Å²) in [6.45, 7) is 5.25.